The van der Waals surface area contributed by atoms with E-state index in [0.717, 1.165) is 21.1 Å². The number of benzene rings is 3. The monoisotopic (exact) mass is 536 g/mol. The number of likely N-dealkylation sites (N-methyl/N-ethyl adjacent to an activating group) is 1. The minimum absolute atomic E-state index is 0.314. The molecule has 35 heavy (non-hydrogen) atoms. The number of halogens is 1. The lowest BCUT2D eigenvalue weighted by atomic mass is 10.0. The van der Waals surface area contributed by atoms with E-state index in [0.29, 0.717) is 17.3 Å². The van der Waals surface area contributed by atoms with Crippen LogP contribution >= 0.6 is 31.2 Å². The van der Waals surface area contributed by atoms with Gasteiger partial charge in [0.1, 0.15) is 17.9 Å². The second kappa shape index (κ2) is 11.6. The third-order valence-corrected chi connectivity index (χ3v) is 6.64. The Bertz CT molecular complexity index is 1220. The molecule has 0 heterocycles. The summed E-state index contributed by atoms with van der Waals surface area (Å²) in [5.41, 5.74) is 5.75. The lowest BCUT2D eigenvalue weighted by Crippen LogP contribution is -2.55. The van der Waals surface area contributed by atoms with E-state index in [1.807, 2.05) is 60.7 Å². The van der Waals surface area contributed by atoms with E-state index in [-0.39, 0.29) is 0 Å². The SMILES string of the molecule is CN(C(=O)[C@@](C)(N)COP(=O)(O)O)c1ccc(Sc2cccc(OCc3ccccc3)c2)cc1Cl. The largest absolute Gasteiger partial charge is 0.489 e. The lowest BCUT2D eigenvalue weighted by Gasteiger charge is -2.29. The molecule has 0 bridgehead atoms. The molecule has 0 unspecified atom stereocenters. The quantitative estimate of drug-likeness (QED) is 0.314. The number of carbonyl (C=O) groups is 1. The van der Waals surface area contributed by atoms with Crippen LogP contribution in [0.4, 0.5) is 5.69 Å². The molecule has 0 aromatic heterocycles. The van der Waals surface area contributed by atoms with Crippen molar-refractivity contribution in [1.82, 2.24) is 0 Å². The molecule has 1 amide bonds. The topological polar surface area (TPSA) is 122 Å². The standard InChI is InChI=1S/C24H26ClN2O6PS/c1-24(26,16-33-34(29,30)31)23(28)27(2)22-12-11-20(14-21(22)25)35-19-10-6-9-18(13-19)32-15-17-7-4-3-5-8-17/h3-14H,15-16,26H2,1-2H3,(H2,29,30,31)/t24-/m0/s1. The van der Waals surface area contributed by atoms with Crippen molar-refractivity contribution in [3.8, 4) is 5.75 Å². The molecule has 0 aliphatic heterocycles. The van der Waals surface area contributed by atoms with Crippen molar-refractivity contribution in [3.63, 3.8) is 0 Å². The maximum Gasteiger partial charge on any atom is 0.469 e. The van der Waals surface area contributed by atoms with Crippen LogP contribution in [0.1, 0.15) is 12.5 Å². The van der Waals surface area contributed by atoms with Gasteiger partial charge in [0.2, 0.25) is 5.91 Å². The lowest BCUT2D eigenvalue weighted by molar-refractivity contribution is -0.123. The highest BCUT2D eigenvalue weighted by molar-refractivity contribution is 7.99. The average molecular weight is 537 g/mol. The van der Waals surface area contributed by atoms with Crippen LogP contribution in [0.2, 0.25) is 5.02 Å². The molecule has 11 heteroatoms. The Balaban J connectivity index is 1.67. The Labute approximate surface area is 213 Å². The Morgan fingerprint density at radius 2 is 1.77 bits per heavy atom. The Morgan fingerprint density at radius 3 is 2.43 bits per heavy atom. The van der Waals surface area contributed by atoms with Crippen molar-refractivity contribution >= 4 is 42.8 Å². The smallest absolute Gasteiger partial charge is 0.469 e. The fourth-order valence-corrected chi connectivity index (χ4v) is 4.82. The van der Waals surface area contributed by atoms with E-state index in [1.165, 1.54) is 30.6 Å². The maximum atomic E-state index is 12.8. The molecule has 3 aromatic carbocycles. The number of amides is 1. The first kappa shape index (κ1) is 27.2. The van der Waals surface area contributed by atoms with Crippen LogP contribution in [-0.2, 0) is 20.5 Å². The van der Waals surface area contributed by atoms with Gasteiger partial charge in [0.25, 0.3) is 0 Å². The summed E-state index contributed by atoms with van der Waals surface area (Å²) >= 11 is 7.94. The maximum absolute atomic E-state index is 12.8. The van der Waals surface area contributed by atoms with E-state index >= 15 is 0 Å². The molecule has 0 spiro atoms. The zero-order chi connectivity index (χ0) is 25.6. The van der Waals surface area contributed by atoms with Crippen molar-refractivity contribution in [3.05, 3.63) is 83.4 Å². The van der Waals surface area contributed by atoms with Crippen molar-refractivity contribution < 1.29 is 28.4 Å². The second-order valence-electron chi connectivity index (χ2n) is 8.01. The number of carbonyl (C=O) groups excluding carboxylic acids is 1. The molecule has 186 valence electrons. The van der Waals surface area contributed by atoms with Crippen molar-refractivity contribution in [1.29, 1.82) is 0 Å². The summed E-state index contributed by atoms with van der Waals surface area (Å²) in [5.74, 6) is 0.128. The van der Waals surface area contributed by atoms with Crippen LogP contribution in [0.5, 0.6) is 5.75 Å². The molecule has 4 N–H and O–H groups in total. The number of ether oxygens (including phenoxy) is 1. The first-order chi connectivity index (χ1) is 16.4. The molecule has 1 atom stereocenters. The third-order valence-electron chi connectivity index (χ3n) is 4.90. The molecule has 0 radical (unpaired) electrons. The van der Waals surface area contributed by atoms with E-state index in [4.69, 9.17) is 31.9 Å². The normalized spacial score (nSPS) is 13.2. The van der Waals surface area contributed by atoms with E-state index in [9.17, 15) is 9.36 Å². The van der Waals surface area contributed by atoms with Gasteiger partial charge < -0.3 is 25.2 Å². The molecule has 3 rings (SSSR count). The van der Waals surface area contributed by atoms with Crippen LogP contribution in [0.15, 0.2) is 82.6 Å². The Hall–Kier alpha value is -2.36. The predicted molar refractivity (Wildman–Crippen MR) is 137 cm³/mol. The first-order valence-electron chi connectivity index (χ1n) is 10.5. The molecule has 0 fully saturated rings. The van der Waals surface area contributed by atoms with Gasteiger partial charge in [-0.05, 0) is 48.9 Å². The minimum atomic E-state index is -4.77. The number of nitrogens with two attached hydrogens (primary N) is 1. The van der Waals surface area contributed by atoms with Crippen LogP contribution < -0.4 is 15.4 Å². The summed E-state index contributed by atoms with van der Waals surface area (Å²) < 4.78 is 21.3. The van der Waals surface area contributed by atoms with Crippen LogP contribution in [0.25, 0.3) is 0 Å². The number of hydrogen-bond acceptors (Lipinski definition) is 6. The second-order valence-corrected chi connectivity index (χ2v) is 10.8. The first-order valence-corrected chi connectivity index (χ1v) is 13.2. The van der Waals surface area contributed by atoms with E-state index in [2.05, 4.69) is 4.52 Å². The third kappa shape index (κ3) is 8.08. The summed E-state index contributed by atoms with van der Waals surface area (Å²) in [6.45, 7) is 1.14. The predicted octanol–water partition coefficient (Wildman–Crippen LogP) is 4.86. The van der Waals surface area contributed by atoms with Gasteiger partial charge in [-0.2, -0.15) is 0 Å². The number of rotatable bonds is 10. The summed E-state index contributed by atoms with van der Waals surface area (Å²) in [6.07, 6.45) is 0. The number of phosphoric ester groups is 1. The minimum Gasteiger partial charge on any atom is -0.489 e. The van der Waals surface area contributed by atoms with Crippen molar-refractivity contribution in [2.75, 3.05) is 18.6 Å². The zero-order valence-electron chi connectivity index (χ0n) is 19.1. The van der Waals surface area contributed by atoms with Gasteiger partial charge in [0, 0.05) is 16.8 Å². The zero-order valence-corrected chi connectivity index (χ0v) is 21.6. The summed E-state index contributed by atoms with van der Waals surface area (Å²) in [6, 6.07) is 22.8. The van der Waals surface area contributed by atoms with Gasteiger partial charge in [-0.15, -0.1) is 0 Å². The fraction of sp³-hybridized carbons (Fsp3) is 0.208. The molecule has 0 saturated heterocycles. The summed E-state index contributed by atoms with van der Waals surface area (Å²) in [5, 5.41) is 0.314. The highest BCUT2D eigenvalue weighted by Gasteiger charge is 2.35. The number of nitrogens with zero attached hydrogens (tertiary/aromatic N) is 1. The molecule has 0 saturated carbocycles. The number of phosphoric acid groups is 1. The Morgan fingerprint density at radius 1 is 1.09 bits per heavy atom. The molecule has 3 aromatic rings. The van der Waals surface area contributed by atoms with Crippen molar-refractivity contribution in [2.45, 2.75) is 28.9 Å². The van der Waals surface area contributed by atoms with Gasteiger partial charge in [-0.1, -0.05) is 59.8 Å². The number of anilines is 1. The molecular weight excluding hydrogens is 511 g/mol. The fourth-order valence-electron chi connectivity index (χ4n) is 3.10. The van der Waals surface area contributed by atoms with E-state index in [1.54, 1.807) is 12.1 Å². The van der Waals surface area contributed by atoms with Crippen LogP contribution in [-0.4, -0.2) is 34.9 Å². The van der Waals surface area contributed by atoms with Gasteiger partial charge in [0.15, 0.2) is 0 Å². The highest BCUT2D eigenvalue weighted by atomic mass is 35.5. The van der Waals surface area contributed by atoms with Gasteiger partial charge in [-0.3, -0.25) is 9.32 Å². The average Bonchev–Trinajstić information content (AvgIpc) is 2.81. The molecule has 0 aliphatic rings. The van der Waals surface area contributed by atoms with Crippen molar-refractivity contribution in [2.24, 2.45) is 5.73 Å². The van der Waals surface area contributed by atoms with Crippen LogP contribution in [0.3, 0.4) is 0 Å². The molecular formula is C24H26ClN2O6PS. The van der Waals surface area contributed by atoms with Gasteiger partial charge in [0.05, 0.1) is 17.3 Å². The van der Waals surface area contributed by atoms with E-state index < -0.39 is 25.9 Å². The highest BCUT2D eigenvalue weighted by Crippen LogP contribution is 2.38. The van der Waals surface area contributed by atoms with Gasteiger partial charge >= 0.3 is 7.82 Å². The van der Waals surface area contributed by atoms with Crippen LogP contribution in [0, 0.1) is 0 Å². The van der Waals surface area contributed by atoms with Gasteiger partial charge in [-0.25, -0.2) is 4.57 Å². The summed E-state index contributed by atoms with van der Waals surface area (Å²) in [7, 11) is -3.29. The Kier molecular flexibility index (Phi) is 9.01. The molecule has 8 nitrogen and oxygen atoms in total. The number of hydrogen-bond donors (Lipinski definition) is 3. The molecule has 0 aliphatic carbocycles. The summed E-state index contributed by atoms with van der Waals surface area (Å²) in [4.78, 5) is 33.6.